The molecule has 0 radical (unpaired) electrons. The molecule has 0 spiro atoms. The third kappa shape index (κ3) is 2.64. The summed E-state index contributed by atoms with van der Waals surface area (Å²) in [4.78, 5) is 12.1. The number of hydrogen-bond acceptors (Lipinski definition) is 4. The van der Waals surface area contributed by atoms with Gasteiger partial charge in [-0.3, -0.25) is 4.79 Å². The van der Waals surface area contributed by atoms with Crippen molar-refractivity contribution in [3.8, 4) is 11.5 Å². The Morgan fingerprint density at radius 2 is 2.06 bits per heavy atom. The zero-order valence-corrected chi connectivity index (χ0v) is 11.1. The maximum Gasteiger partial charge on any atom is 0.180 e. The monoisotopic (exact) mass is 249 g/mol. The van der Waals surface area contributed by atoms with Gasteiger partial charge in [0.15, 0.2) is 5.78 Å². The second kappa shape index (κ2) is 5.40. The summed E-state index contributed by atoms with van der Waals surface area (Å²) in [6, 6.07) is 4.10. The van der Waals surface area contributed by atoms with Crippen LogP contribution in [0.25, 0.3) is 0 Å². The van der Waals surface area contributed by atoms with Crippen LogP contribution in [0.4, 0.5) is 0 Å². The molecule has 1 aliphatic carbocycles. The van der Waals surface area contributed by atoms with Crippen molar-refractivity contribution in [2.45, 2.75) is 25.8 Å². The molecule has 1 aromatic carbocycles. The molecular weight excluding hydrogens is 230 g/mol. The Morgan fingerprint density at radius 3 is 2.61 bits per heavy atom. The maximum absolute atomic E-state index is 12.1. The molecule has 0 aliphatic heterocycles. The lowest BCUT2D eigenvalue weighted by Gasteiger charge is -2.13. The molecular formula is C14H19NO3. The molecule has 18 heavy (non-hydrogen) atoms. The van der Waals surface area contributed by atoms with E-state index in [1.165, 1.54) is 12.8 Å². The third-order valence-corrected chi connectivity index (χ3v) is 3.21. The van der Waals surface area contributed by atoms with E-state index in [0.29, 0.717) is 23.9 Å². The molecule has 0 bridgehead atoms. The lowest BCUT2D eigenvalue weighted by molar-refractivity contribution is 0.0987. The van der Waals surface area contributed by atoms with Crippen LogP contribution in [-0.4, -0.2) is 32.6 Å². The van der Waals surface area contributed by atoms with Gasteiger partial charge in [0.05, 0.1) is 26.3 Å². The number of benzene rings is 1. The summed E-state index contributed by atoms with van der Waals surface area (Å²) in [7, 11) is 3.19. The van der Waals surface area contributed by atoms with E-state index in [-0.39, 0.29) is 5.78 Å². The van der Waals surface area contributed by atoms with Crippen LogP contribution in [0.15, 0.2) is 12.1 Å². The Kier molecular flexibility index (Phi) is 3.87. The van der Waals surface area contributed by atoms with Gasteiger partial charge in [-0.1, -0.05) is 0 Å². The molecule has 1 saturated carbocycles. The summed E-state index contributed by atoms with van der Waals surface area (Å²) in [5.74, 6) is 1.40. The van der Waals surface area contributed by atoms with Gasteiger partial charge in [0, 0.05) is 11.6 Å². The number of ether oxygens (including phenoxy) is 2. The van der Waals surface area contributed by atoms with Crippen molar-refractivity contribution >= 4 is 5.78 Å². The van der Waals surface area contributed by atoms with Crippen molar-refractivity contribution in [2.24, 2.45) is 0 Å². The fraction of sp³-hybridized carbons (Fsp3) is 0.500. The Labute approximate surface area is 107 Å². The molecule has 0 unspecified atom stereocenters. The second-order valence-electron chi connectivity index (χ2n) is 4.55. The van der Waals surface area contributed by atoms with E-state index in [0.717, 1.165) is 11.3 Å². The molecule has 1 aliphatic rings. The molecule has 1 fully saturated rings. The average molecular weight is 249 g/mol. The summed E-state index contributed by atoms with van der Waals surface area (Å²) in [5, 5.41) is 3.22. The summed E-state index contributed by atoms with van der Waals surface area (Å²) < 4.78 is 10.6. The first-order valence-electron chi connectivity index (χ1n) is 6.15. The van der Waals surface area contributed by atoms with Crippen molar-refractivity contribution in [2.75, 3.05) is 20.8 Å². The van der Waals surface area contributed by atoms with E-state index in [1.807, 2.05) is 13.0 Å². The average Bonchev–Trinajstić information content (AvgIpc) is 3.19. The summed E-state index contributed by atoms with van der Waals surface area (Å²) >= 11 is 0. The molecule has 4 nitrogen and oxygen atoms in total. The van der Waals surface area contributed by atoms with Crippen molar-refractivity contribution in [1.82, 2.24) is 5.32 Å². The van der Waals surface area contributed by atoms with Crippen molar-refractivity contribution in [3.63, 3.8) is 0 Å². The minimum Gasteiger partial charge on any atom is -0.496 e. The minimum atomic E-state index is 0.0597. The number of methoxy groups -OCH3 is 2. The highest BCUT2D eigenvalue weighted by atomic mass is 16.5. The molecule has 1 aromatic rings. The van der Waals surface area contributed by atoms with Gasteiger partial charge in [0.1, 0.15) is 11.5 Å². The fourth-order valence-corrected chi connectivity index (χ4v) is 2.00. The topological polar surface area (TPSA) is 47.6 Å². The normalized spacial score (nSPS) is 14.4. The molecule has 0 atom stereocenters. The van der Waals surface area contributed by atoms with Crippen LogP contribution in [0.1, 0.15) is 28.8 Å². The number of Topliss-reactive ketones (excluding diaryl/α,β-unsaturated/α-hetero) is 1. The highest BCUT2D eigenvalue weighted by Crippen LogP contribution is 2.31. The Morgan fingerprint density at radius 1 is 1.33 bits per heavy atom. The lowest BCUT2D eigenvalue weighted by Crippen LogP contribution is -2.25. The van der Waals surface area contributed by atoms with Crippen LogP contribution in [0.3, 0.4) is 0 Å². The van der Waals surface area contributed by atoms with E-state index in [2.05, 4.69) is 5.32 Å². The summed E-state index contributed by atoms with van der Waals surface area (Å²) in [6.45, 7) is 2.26. The first-order chi connectivity index (χ1) is 8.67. The smallest absolute Gasteiger partial charge is 0.180 e. The van der Waals surface area contributed by atoms with Gasteiger partial charge >= 0.3 is 0 Å². The van der Waals surface area contributed by atoms with Crippen LogP contribution in [0.5, 0.6) is 11.5 Å². The predicted molar refractivity (Wildman–Crippen MR) is 69.6 cm³/mol. The van der Waals surface area contributed by atoms with Gasteiger partial charge in [-0.25, -0.2) is 0 Å². The molecule has 4 heteroatoms. The fourth-order valence-electron chi connectivity index (χ4n) is 2.00. The highest BCUT2D eigenvalue weighted by Gasteiger charge is 2.23. The van der Waals surface area contributed by atoms with Crippen LogP contribution >= 0.6 is 0 Å². The second-order valence-corrected chi connectivity index (χ2v) is 4.55. The highest BCUT2D eigenvalue weighted by molar-refractivity contribution is 6.00. The van der Waals surface area contributed by atoms with E-state index in [1.54, 1.807) is 20.3 Å². The molecule has 0 aromatic heterocycles. The van der Waals surface area contributed by atoms with Gasteiger partial charge in [-0.2, -0.15) is 0 Å². The maximum atomic E-state index is 12.1. The summed E-state index contributed by atoms with van der Waals surface area (Å²) in [5.41, 5.74) is 1.47. The van der Waals surface area contributed by atoms with E-state index in [9.17, 15) is 4.79 Å². The van der Waals surface area contributed by atoms with Crippen LogP contribution in [0.2, 0.25) is 0 Å². The molecule has 2 rings (SSSR count). The van der Waals surface area contributed by atoms with Gasteiger partial charge in [0.2, 0.25) is 0 Å². The van der Waals surface area contributed by atoms with E-state index >= 15 is 0 Å². The molecule has 0 heterocycles. The molecule has 0 amide bonds. The number of carbonyl (C=O) groups excluding carboxylic acids is 1. The van der Waals surface area contributed by atoms with Gasteiger partial charge in [-0.05, 0) is 31.9 Å². The van der Waals surface area contributed by atoms with Crippen molar-refractivity contribution in [1.29, 1.82) is 0 Å². The van der Waals surface area contributed by atoms with Crippen LogP contribution in [0, 0.1) is 6.92 Å². The third-order valence-electron chi connectivity index (χ3n) is 3.21. The molecule has 98 valence electrons. The van der Waals surface area contributed by atoms with Crippen molar-refractivity contribution in [3.05, 3.63) is 23.3 Å². The molecule has 1 N–H and O–H groups in total. The Balaban J connectivity index is 2.19. The first-order valence-corrected chi connectivity index (χ1v) is 6.15. The van der Waals surface area contributed by atoms with Gasteiger partial charge < -0.3 is 14.8 Å². The lowest BCUT2D eigenvalue weighted by atomic mass is 10.0. The number of carbonyl (C=O) groups is 1. The quantitative estimate of drug-likeness (QED) is 0.783. The van der Waals surface area contributed by atoms with Crippen LogP contribution in [-0.2, 0) is 0 Å². The van der Waals surface area contributed by atoms with Crippen molar-refractivity contribution < 1.29 is 14.3 Å². The van der Waals surface area contributed by atoms with E-state index < -0.39 is 0 Å². The largest absolute Gasteiger partial charge is 0.496 e. The van der Waals surface area contributed by atoms with Crippen LogP contribution < -0.4 is 14.8 Å². The minimum absolute atomic E-state index is 0.0597. The Bertz CT molecular complexity index is 453. The number of rotatable bonds is 6. The molecule has 0 saturated heterocycles. The number of nitrogens with one attached hydrogen (secondary N) is 1. The number of ketones is 1. The zero-order valence-electron chi connectivity index (χ0n) is 11.1. The standard InChI is InChI=1S/C14H19NO3/c1-9-13(17-2)7-6-11(14(9)18-3)12(16)8-15-10-4-5-10/h6-7,10,15H,4-5,8H2,1-3H3. The predicted octanol–water partition coefficient (Wildman–Crippen LogP) is 1.95. The Hall–Kier alpha value is -1.55. The SMILES string of the molecule is COc1ccc(C(=O)CNC2CC2)c(OC)c1C. The van der Waals surface area contributed by atoms with Gasteiger partial charge in [-0.15, -0.1) is 0 Å². The van der Waals surface area contributed by atoms with E-state index in [4.69, 9.17) is 9.47 Å². The number of hydrogen-bond donors (Lipinski definition) is 1. The summed E-state index contributed by atoms with van der Waals surface area (Å²) in [6.07, 6.45) is 2.35. The van der Waals surface area contributed by atoms with Gasteiger partial charge in [0.25, 0.3) is 0 Å². The zero-order chi connectivity index (χ0) is 13.1. The first kappa shape index (κ1) is 12.9.